The number of aryl methyl sites for hydroxylation is 2. The normalized spacial score (nSPS) is 16.0. The maximum atomic E-state index is 13.2. The van der Waals surface area contributed by atoms with Crippen LogP contribution in [0.2, 0.25) is 0 Å². The molecular formula is C19H23FN4O. The summed E-state index contributed by atoms with van der Waals surface area (Å²) in [6.07, 6.45) is 3.86. The van der Waals surface area contributed by atoms with Crippen molar-refractivity contribution >= 4 is 5.91 Å². The number of hydrogen-bond acceptors (Lipinski definition) is 4. The minimum atomic E-state index is -0.250. The van der Waals surface area contributed by atoms with Gasteiger partial charge in [-0.05, 0) is 57.5 Å². The molecule has 132 valence electrons. The highest BCUT2D eigenvalue weighted by Crippen LogP contribution is 2.25. The molecule has 0 saturated carbocycles. The second kappa shape index (κ2) is 7.70. The van der Waals surface area contributed by atoms with Gasteiger partial charge in [0.25, 0.3) is 5.91 Å². The Labute approximate surface area is 147 Å². The molecule has 0 radical (unpaired) electrons. The van der Waals surface area contributed by atoms with E-state index in [9.17, 15) is 9.18 Å². The van der Waals surface area contributed by atoms with Crippen LogP contribution in [0, 0.1) is 19.7 Å². The van der Waals surface area contributed by atoms with E-state index in [1.165, 1.54) is 12.1 Å². The van der Waals surface area contributed by atoms with E-state index in [4.69, 9.17) is 0 Å². The molecule has 1 N–H and O–H groups in total. The van der Waals surface area contributed by atoms with Gasteiger partial charge in [0, 0.05) is 12.7 Å². The first-order valence-electron chi connectivity index (χ1n) is 8.62. The first kappa shape index (κ1) is 17.5. The lowest BCUT2D eigenvalue weighted by Crippen LogP contribution is -2.37. The van der Waals surface area contributed by atoms with E-state index < -0.39 is 0 Å². The zero-order valence-corrected chi connectivity index (χ0v) is 14.6. The van der Waals surface area contributed by atoms with E-state index in [2.05, 4.69) is 20.2 Å². The summed E-state index contributed by atoms with van der Waals surface area (Å²) in [5, 5.41) is 2.99. The molecule has 1 aromatic carbocycles. The van der Waals surface area contributed by atoms with Crippen molar-refractivity contribution in [1.29, 1.82) is 0 Å². The molecule has 3 rings (SSSR count). The minimum absolute atomic E-state index is 0.0405. The molecule has 1 amide bonds. The summed E-state index contributed by atoms with van der Waals surface area (Å²) in [6, 6.07) is 6.57. The van der Waals surface area contributed by atoms with Crippen LogP contribution in [-0.2, 0) is 0 Å². The number of rotatable bonds is 5. The molecular weight excluding hydrogens is 319 g/mol. The van der Waals surface area contributed by atoms with Gasteiger partial charge in [-0.1, -0.05) is 12.1 Å². The third kappa shape index (κ3) is 4.20. The molecule has 6 heteroatoms. The second-order valence-electron chi connectivity index (χ2n) is 6.44. The van der Waals surface area contributed by atoms with Crippen molar-refractivity contribution in [3.8, 4) is 0 Å². The predicted octanol–water partition coefficient (Wildman–Crippen LogP) is 2.80. The average Bonchev–Trinajstić information content (AvgIpc) is 3.10. The van der Waals surface area contributed by atoms with Gasteiger partial charge in [0.15, 0.2) is 0 Å². The van der Waals surface area contributed by atoms with Crippen molar-refractivity contribution in [3.05, 3.63) is 58.9 Å². The van der Waals surface area contributed by atoms with Gasteiger partial charge in [-0.3, -0.25) is 9.69 Å². The van der Waals surface area contributed by atoms with E-state index in [1.54, 1.807) is 25.3 Å². The first-order valence-corrected chi connectivity index (χ1v) is 8.62. The molecule has 1 aromatic heterocycles. The summed E-state index contributed by atoms with van der Waals surface area (Å²) < 4.78 is 13.2. The molecule has 0 unspecified atom stereocenters. The Bertz CT molecular complexity index is 742. The first-order chi connectivity index (χ1) is 12.0. The number of nitrogens with one attached hydrogen (secondary N) is 1. The molecule has 1 fully saturated rings. The summed E-state index contributed by atoms with van der Waals surface area (Å²) in [4.78, 5) is 23.2. The third-order valence-corrected chi connectivity index (χ3v) is 4.64. The zero-order chi connectivity index (χ0) is 17.8. The van der Waals surface area contributed by atoms with Gasteiger partial charge in [-0.15, -0.1) is 0 Å². The molecule has 1 aliphatic rings. The summed E-state index contributed by atoms with van der Waals surface area (Å²) in [5.41, 5.74) is 2.18. The number of hydrogen-bond donors (Lipinski definition) is 1. The molecule has 1 atom stereocenters. The number of halogens is 1. The molecule has 2 heterocycles. The second-order valence-corrected chi connectivity index (χ2v) is 6.44. The van der Waals surface area contributed by atoms with E-state index in [0.717, 1.165) is 31.5 Å². The molecule has 0 bridgehead atoms. The number of carbonyl (C=O) groups excluding carboxylic acids is 1. The molecule has 0 aliphatic carbocycles. The average molecular weight is 342 g/mol. The van der Waals surface area contributed by atoms with Gasteiger partial charge in [0.05, 0.1) is 17.3 Å². The monoisotopic (exact) mass is 342 g/mol. The van der Waals surface area contributed by atoms with Gasteiger partial charge in [-0.2, -0.15) is 0 Å². The fourth-order valence-electron chi connectivity index (χ4n) is 3.29. The van der Waals surface area contributed by atoms with Gasteiger partial charge < -0.3 is 5.32 Å². The molecule has 1 saturated heterocycles. The highest BCUT2D eigenvalue weighted by atomic mass is 19.1. The van der Waals surface area contributed by atoms with Gasteiger partial charge in [0.2, 0.25) is 0 Å². The van der Waals surface area contributed by atoms with Gasteiger partial charge in [0.1, 0.15) is 11.6 Å². The van der Waals surface area contributed by atoms with Gasteiger partial charge >= 0.3 is 0 Å². The fourth-order valence-corrected chi connectivity index (χ4v) is 3.29. The largest absolute Gasteiger partial charge is 0.350 e. The van der Waals surface area contributed by atoms with Crippen molar-refractivity contribution in [3.63, 3.8) is 0 Å². The smallest absolute Gasteiger partial charge is 0.254 e. The van der Waals surface area contributed by atoms with E-state index in [0.29, 0.717) is 23.6 Å². The SMILES string of the molecule is Cc1ncc(C(=O)NC[C@H](c2ccc(F)cc2)N2CCCC2)c(C)n1. The highest BCUT2D eigenvalue weighted by Gasteiger charge is 2.24. The Kier molecular flexibility index (Phi) is 5.38. The number of aromatic nitrogens is 2. The quantitative estimate of drug-likeness (QED) is 0.908. The predicted molar refractivity (Wildman–Crippen MR) is 93.8 cm³/mol. The van der Waals surface area contributed by atoms with Crippen molar-refractivity contribution in [2.24, 2.45) is 0 Å². The van der Waals surface area contributed by atoms with Crippen molar-refractivity contribution in [2.45, 2.75) is 32.7 Å². The summed E-state index contributed by atoms with van der Waals surface area (Å²) in [7, 11) is 0. The Hall–Kier alpha value is -2.34. The number of carbonyl (C=O) groups is 1. The maximum absolute atomic E-state index is 13.2. The Balaban J connectivity index is 1.73. The summed E-state index contributed by atoms with van der Waals surface area (Å²) in [6.45, 7) is 6.06. The lowest BCUT2D eigenvalue weighted by molar-refractivity contribution is 0.0936. The lowest BCUT2D eigenvalue weighted by Gasteiger charge is -2.28. The number of nitrogens with zero attached hydrogens (tertiary/aromatic N) is 3. The minimum Gasteiger partial charge on any atom is -0.350 e. The fraction of sp³-hybridized carbons (Fsp3) is 0.421. The van der Waals surface area contributed by atoms with Crippen LogP contribution in [0.5, 0.6) is 0 Å². The van der Waals surface area contributed by atoms with Crippen LogP contribution < -0.4 is 5.32 Å². The Morgan fingerprint density at radius 3 is 2.56 bits per heavy atom. The molecule has 1 aliphatic heterocycles. The molecule has 25 heavy (non-hydrogen) atoms. The van der Waals surface area contributed by atoms with E-state index in [1.807, 2.05) is 6.92 Å². The Morgan fingerprint density at radius 1 is 1.24 bits per heavy atom. The lowest BCUT2D eigenvalue weighted by atomic mass is 10.1. The summed E-state index contributed by atoms with van der Waals surface area (Å²) >= 11 is 0. The van der Waals surface area contributed by atoms with Crippen molar-refractivity contribution < 1.29 is 9.18 Å². The summed E-state index contributed by atoms with van der Waals surface area (Å²) in [5.74, 6) is 0.222. The highest BCUT2D eigenvalue weighted by molar-refractivity contribution is 5.94. The van der Waals surface area contributed by atoms with Crippen molar-refractivity contribution in [1.82, 2.24) is 20.2 Å². The van der Waals surface area contributed by atoms with E-state index >= 15 is 0 Å². The van der Waals surface area contributed by atoms with Crippen LogP contribution in [0.25, 0.3) is 0 Å². The third-order valence-electron chi connectivity index (χ3n) is 4.64. The van der Waals surface area contributed by atoms with Crippen LogP contribution in [0.15, 0.2) is 30.5 Å². The topological polar surface area (TPSA) is 58.1 Å². The van der Waals surface area contributed by atoms with E-state index in [-0.39, 0.29) is 17.8 Å². The van der Waals surface area contributed by atoms with Crippen LogP contribution in [-0.4, -0.2) is 40.4 Å². The van der Waals surface area contributed by atoms with Gasteiger partial charge in [-0.25, -0.2) is 14.4 Å². The number of benzene rings is 1. The number of amides is 1. The number of likely N-dealkylation sites (tertiary alicyclic amines) is 1. The molecule has 2 aromatic rings. The molecule has 0 spiro atoms. The van der Waals surface area contributed by atoms with Crippen LogP contribution >= 0.6 is 0 Å². The zero-order valence-electron chi connectivity index (χ0n) is 14.6. The standard InChI is InChI=1S/C19H23FN4O/c1-13-17(11-21-14(2)23-13)19(25)22-12-18(24-9-3-4-10-24)15-5-7-16(20)8-6-15/h5-8,11,18H,3-4,9-10,12H2,1-2H3,(H,22,25)/t18-/m1/s1. The molecule has 5 nitrogen and oxygen atoms in total. The van der Waals surface area contributed by atoms with Crippen LogP contribution in [0.3, 0.4) is 0 Å². The van der Waals surface area contributed by atoms with Crippen LogP contribution in [0.4, 0.5) is 4.39 Å². The Morgan fingerprint density at radius 2 is 1.92 bits per heavy atom. The van der Waals surface area contributed by atoms with Crippen molar-refractivity contribution in [2.75, 3.05) is 19.6 Å². The maximum Gasteiger partial charge on any atom is 0.254 e. The van der Waals surface area contributed by atoms with Crippen LogP contribution in [0.1, 0.15) is 46.3 Å².